The molecular formula is C60H106Cl3NaO14S3. The van der Waals surface area contributed by atoms with Crippen molar-refractivity contribution in [2.45, 2.75) is 282 Å². The molecule has 1 fully saturated rings. The van der Waals surface area contributed by atoms with Crippen LogP contribution in [0.25, 0.3) is 0 Å². The minimum atomic E-state index is -4.22. The predicted molar refractivity (Wildman–Crippen MR) is 331 cm³/mol. The third-order valence-electron chi connectivity index (χ3n) is 12.3. The fraction of sp³-hybridized carbons (Fsp3) is 0.750. The van der Waals surface area contributed by atoms with Crippen molar-refractivity contribution in [2.24, 2.45) is 17.8 Å². The van der Waals surface area contributed by atoms with E-state index in [-0.39, 0.29) is 67.5 Å². The smallest absolute Gasteiger partial charge is 0.870 e. The number of halogens is 3. The third-order valence-corrected chi connectivity index (χ3v) is 14.3. The maximum atomic E-state index is 11.8. The van der Waals surface area contributed by atoms with E-state index >= 15 is 0 Å². The Labute approximate surface area is 530 Å². The summed E-state index contributed by atoms with van der Waals surface area (Å²) in [5.41, 5.74) is 0. The molecule has 0 heterocycles. The number of aliphatic carboxylic acids is 1. The SMILES string of the molecule is C1CC1.CC(C)CCCCCCCCCCCC(=O)Cl.CC(C)CCCCCCCCCCCC(=O)O.CC(C)CCCCCCCCCCCC(=O)Oc1ccc(S(=O)(=O)O)cc1.O=S(=O)(O)c1ccc(O)cc1.O=S(Cl)Cl.[Na+].[OH-]. The Morgan fingerprint density at radius 1 is 0.481 bits per heavy atom. The first-order valence-corrected chi connectivity index (χ1v) is 35.5. The molecule has 1 aliphatic rings. The zero-order valence-corrected chi connectivity index (χ0v) is 57.3. The standard InChI is InChI=1S/C21H34O5S.C15H29ClO.C15H30O2.C6H6O4S.C3H6.Cl2OS.Na.H2O/c1-18(2)12-10-8-6-4-3-5-7-9-11-13-21(22)26-19-14-16-20(17-15-19)27(23,24)25;2*1-14(2)12-10-8-6-4-3-5-7-9-11-13-15(16)17;7-5-1-3-6(4-2-5)11(8,9)10;1-2-3-1;1-4(2)3;;/h14-18H,3-13H2,1-2H3,(H,23,24,25);14H,3-13H2,1-2H3;14H,3-13H2,1-2H3,(H,16,17);1-4,7H,(H,8,9,10);1-3H2;;;1H2/q;;;;;;+1;/p-1. The second-order valence-corrected chi connectivity index (χ2v) is 27.5. The van der Waals surface area contributed by atoms with E-state index in [4.69, 9.17) is 39.9 Å². The first-order valence-electron chi connectivity index (χ1n) is 29.5. The zero-order chi connectivity index (χ0) is 60.2. The molecule has 1 saturated carbocycles. The molecule has 2 aromatic rings. The number of carboxylic acid groups (broad SMARTS) is 1. The molecule has 0 amide bonds. The first kappa shape index (κ1) is 88.4. The summed E-state index contributed by atoms with van der Waals surface area (Å²) in [5.74, 6) is 1.79. The van der Waals surface area contributed by atoms with Crippen molar-refractivity contribution >= 4 is 79.6 Å². The van der Waals surface area contributed by atoms with Gasteiger partial charge in [-0.1, -0.05) is 234 Å². The Morgan fingerprint density at radius 2 is 0.728 bits per heavy atom. The fourth-order valence-electron chi connectivity index (χ4n) is 7.66. The molecule has 0 spiro atoms. The van der Waals surface area contributed by atoms with Crippen LogP contribution in [0.1, 0.15) is 273 Å². The van der Waals surface area contributed by atoms with Gasteiger partial charge in [0.1, 0.15) is 11.5 Å². The molecule has 81 heavy (non-hydrogen) atoms. The molecular weight excluding hydrogens is 1170 g/mol. The number of hydrogen-bond donors (Lipinski definition) is 4. The molecule has 0 saturated heterocycles. The molecule has 0 atom stereocenters. The van der Waals surface area contributed by atoms with E-state index in [1.807, 2.05) is 0 Å². The Bertz CT molecular complexity index is 1960. The Kier molecular flexibility index (Phi) is 65.9. The topological polar surface area (TPSA) is 257 Å². The molecule has 0 radical (unpaired) electrons. The van der Waals surface area contributed by atoms with Crippen LogP contribution >= 0.6 is 33.0 Å². The monoisotopic (exact) mass is 1270 g/mol. The molecule has 14 nitrogen and oxygen atoms in total. The first-order chi connectivity index (χ1) is 37.3. The zero-order valence-electron chi connectivity index (χ0n) is 50.6. The molecule has 5 N–H and O–H groups in total. The summed E-state index contributed by atoms with van der Waals surface area (Å²) in [5, 5.41) is 17.0. The maximum Gasteiger partial charge on any atom is 1.00 e. The number of phenolic OH excluding ortho intramolecular Hbond substituents is 1. The normalized spacial score (nSPS) is 11.4. The van der Waals surface area contributed by atoms with Crippen LogP contribution in [-0.4, -0.2) is 63.0 Å². The number of esters is 1. The van der Waals surface area contributed by atoms with Gasteiger partial charge >= 0.3 is 41.5 Å². The van der Waals surface area contributed by atoms with Gasteiger partial charge in [0.2, 0.25) is 14.5 Å². The molecule has 2 aromatic carbocycles. The van der Waals surface area contributed by atoms with Gasteiger partial charge in [-0.2, -0.15) is 16.8 Å². The predicted octanol–water partition coefficient (Wildman–Crippen LogP) is 16.2. The average Bonchev–Trinajstić information content (AvgIpc) is 4.25. The summed E-state index contributed by atoms with van der Waals surface area (Å²) < 4.78 is 74.4. The number of unbranched alkanes of at least 4 members (excludes halogenated alkanes) is 24. The van der Waals surface area contributed by atoms with E-state index in [9.17, 15) is 31.2 Å². The molecule has 3 rings (SSSR count). The number of benzene rings is 2. The van der Waals surface area contributed by atoms with Gasteiger partial charge in [0.25, 0.3) is 20.2 Å². The van der Waals surface area contributed by atoms with Gasteiger partial charge < -0.3 is 20.4 Å². The van der Waals surface area contributed by atoms with Crippen LogP contribution < -0.4 is 34.3 Å². The van der Waals surface area contributed by atoms with Crippen LogP contribution in [0.5, 0.6) is 11.5 Å². The molecule has 470 valence electrons. The minimum absolute atomic E-state index is 0. The number of rotatable bonds is 39. The van der Waals surface area contributed by atoms with E-state index in [1.54, 1.807) is 0 Å². The van der Waals surface area contributed by atoms with E-state index < -0.39 is 35.4 Å². The van der Waals surface area contributed by atoms with Crippen LogP contribution in [0, 0.1) is 17.8 Å². The van der Waals surface area contributed by atoms with Crippen LogP contribution in [-0.2, 0) is 43.8 Å². The minimum Gasteiger partial charge on any atom is -0.870 e. The van der Waals surface area contributed by atoms with Crippen LogP contribution in [0.4, 0.5) is 0 Å². The summed E-state index contributed by atoms with van der Waals surface area (Å²) in [6.07, 6.45) is 43.5. The van der Waals surface area contributed by atoms with Crippen molar-refractivity contribution in [3.8, 4) is 11.5 Å². The van der Waals surface area contributed by atoms with E-state index in [0.717, 1.165) is 74.8 Å². The average molecular weight is 1280 g/mol. The van der Waals surface area contributed by atoms with Gasteiger partial charge in [-0.3, -0.25) is 23.5 Å². The van der Waals surface area contributed by atoms with Gasteiger partial charge in [0, 0.05) is 40.6 Å². The van der Waals surface area contributed by atoms with Crippen molar-refractivity contribution in [1.82, 2.24) is 0 Å². The van der Waals surface area contributed by atoms with Gasteiger partial charge in [0.15, 0.2) is 0 Å². The third kappa shape index (κ3) is 76.6. The van der Waals surface area contributed by atoms with Crippen LogP contribution in [0.3, 0.4) is 0 Å². The molecule has 0 aromatic heterocycles. The summed E-state index contributed by atoms with van der Waals surface area (Å²) in [7, 11) is -0.997. The Balaban J connectivity index is -0.000000313. The fourth-order valence-corrected chi connectivity index (χ4v) is 8.75. The number of ether oxygens (including phenoxy) is 1. The molecule has 0 unspecified atom stereocenters. The van der Waals surface area contributed by atoms with Crippen molar-refractivity contribution in [2.75, 3.05) is 0 Å². The molecule has 0 bridgehead atoms. The van der Waals surface area contributed by atoms with Crippen molar-refractivity contribution in [1.29, 1.82) is 0 Å². The van der Waals surface area contributed by atoms with Crippen molar-refractivity contribution in [3.63, 3.8) is 0 Å². The number of phenols is 1. The summed E-state index contributed by atoms with van der Waals surface area (Å²) in [4.78, 5) is 32.1. The van der Waals surface area contributed by atoms with Crippen LogP contribution in [0.15, 0.2) is 58.3 Å². The van der Waals surface area contributed by atoms with E-state index in [0.29, 0.717) is 19.3 Å². The summed E-state index contributed by atoms with van der Waals surface area (Å²) in [6, 6.07) is 9.74. The second-order valence-electron chi connectivity index (χ2n) is 21.7. The van der Waals surface area contributed by atoms with Gasteiger partial charge in [0.05, 0.1) is 9.79 Å². The van der Waals surface area contributed by atoms with Gasteiger partial charge in [-0.05, 0) is 97.1 Å². The Morgan fingerprint density at radius 3 is 0.975 bits per heavy atom. The largest absolute Gasteiger partial charge is 1.00 e. The Hall–Kier alpha value is -1.35. The number of carbonyl (C=O) groups excluding carboxylic acids is 2. The quantitative estimate of drug-likeness (QED) is 0.0121. The van der Waals surface area contributed by atoms with E-state index in [1.165, 1.54) is 203 Å². The summed E-state index contributed by atoms with van der Waals surface area (Å²) in [6.45, 7) is 13.7. The summed E-state index contributed by atoms with van der Waals surface area (Å²) >= 11 is 5.27. The molecule has 0 aliphatic heterocycles. The number of carboxylic acids is 1. The number of carbonyl (C=O) groups is 3. The second kappa shape index (κ2) is 60.3. The maximum absolute atomic E-state index is 11.8. The van der Waals surface area contributed by atoms with Gasteiger partial charge in [-0.15, -0.1) is 0 Å². The molecule has 21 heteroatoms. The number of aromatic hydroxyl groups is 1. The molecule has 1 aliphatic carbocycles. The van der Waals surface area contributed by atoms with Crippen LogP contribution in [0.2, 0.25) is 0 Å². The van der Waals surface area contributed by atoms with Crippen molar-refractivity contribution in [3.05, 3.63) is 48.5 Å². The number of hydrogen-bond acceptors (Lipinski definition) is 11. The van der Waals surface area contributed by atoms with Crippen molar-refractivity contribution < 1.29 is 94.5 Å². The van der Waals surface area contributed by atoms with E-state index in [2.05, 4.69) is 62.9 Å². The van der Waals surface area contributed by atoms with Gasteiger partial charge in [-0.25, -0.2) is 4.21 Å².